The molecule has 0 unspecified atom stereocenters. The van der Waals surface area contributed by atoms with Crippen molar-refractivity contribution in [1.82, 2.24) is 0 Å². The van der Waals surface area contributed by atoms with E-state index in [0.29, 0.717) is 5.41 Å². The minimum absolute atomic E-state index is 0.0368. The zero-order valence-corrected chi connectivity index (χ0v) is 11.3. The number of aldehydes is 1. The van der Waals surface area contributed by atoms with E-state index in [4.69, 9.17) is 0 Å². The van der Waals surface area contributed by atoms with Crippen molar-refractivity contribution in [3.8, 4) is 0 Å². The normalized spacial score (nSPS) is 47.1. The summed E-state index contributed by atoms with van der Waals surface area (Å²) < 4.78 is 0. The van der Waals surface area contributed by atoms with Crippen LogP contribution in [0.3, 0.4) is 0 Å². The van der Waals surface area contributed by atoms with Gasteiger partial charge in [0.2, 0.25) is 0 Å². The van der Waals surface area contributed by atoms with Gasteiger partial charge in [0.25, 0.3) is 0 Å². The van der Waals surface area contributed by atoms with E-state index in [-0.39, 0.29) is 5.41 Å². The molecule has 0 radical (unpaired) electrons. The first kappa shape index (κ1) is 12.1. The summed E-state index contributed by atoms with van der Waals surface area (Å²) in [6, 6.07) is 0. The van der Waals surface area contributed by atoms with Crippen LogP contribution in [0.5, 0.6) is 0 Å². The first-order chi connectivity index (χ1) is 7.38. The van der Waals surface area contributed by atoms with Gasteiger partial charge in [-0.3, -0.25) is 0 Å². The van der Waals surface area contributed by atoms with Crippen molar-refractivity contribution in [3.63, 3.8) is 0 Å². The third-order valence-corrected chi connectivity index (χ3v) is 5.50. The summed E-state index contributed by atoms with van der Waals surface area (Å²) in [7, 11) is 0. The van der Waals surface area contributed by atoms with Crippen LogP contribution in [0, 0.1) is 28.6 Å². The highest BCUT2D eigenvalue weighted by Crippen LogP contribution is 2.58. The summed E-state index contributed by atoms with van der Waals surface area (Å²) >= 11 is 0. The largest absolute Gasteiger partial charge is 0.303 e. The predicted octanol–water partition coefficient (Wildman–Crippen LogP) is 4.06. The molecule has 2 aliphatic carbocycles. The zero-order valence-electron chi connectivity index (χ0n) is 11.3. The fourth-order valence-electron chi connectivity index (χ4n) is 4.02. The highest BCUT2D eigenvalue weighted by Gasteiger charge is 2.50. The van der Waals surface area contributed by atoms with Gasteiger partial charge in [0, 0.05) is 5.41 Å². The molecule has 92 valence electrons. The van der Waals surface area contributed by atoms with Crippen LogP contribution in [0.4, 0.5) is 0 Å². The van der Waals surface area contributed by atoms with Gasteiger partial charge < -0.3 is 4.79 Å². The van der Waals surface area contributed by atoms with E-state index < -0.39 is 0 Å². The summed E-state index contributed by atoms with van der Waals surface area (Å²) in [5, 5.41) is 0. The smallest absolute Gasteiger partial charge is 0.125 e. The Morgan fingerprint density at radius 2 is 1.75 bits per heavy atom. The minimum atomic E-state index is -0.0368. The number of fused-ring (bicyclic) bond motifs is 1. The first-order valence-corrected chi connectivity index (χ1v) is 6.84. The maximum absolute atomic E-state index is 11.2. The van der Waals surface area contributed by atoms with Crippen LogP contribution in [-0.2, 0) is 4.79 Å². The van der Waals surface area contributed by atoms with Crippen LogP contribution < -0.4 is 0 Å². The zero-order chi connectivity index (χ0) is 12.0. The lowest BCUT2D eigenvalue weighted by Gasteiger charge is -2.56. The Balaban J connectivity index is 2.10. The third-order valence-electron chi connectivity index (χ3n) is 5.50. The number of carbonyl (C=O) groups is 1. The van der Waals surface area contributed by atoms with Crippen molar-refractivity contribution in [3.05, 3.63) is 0 Å². The molecule has 2 saturated carbocycles. The quantitative estimate of drug-likeness (QED) is 0.611. The second-order valence-electron chi connectivity index (χ2n) is 7.29. The van der Waals surface area contributed by atoms with E-state index in [1.54, 1.807) is 0 Å². The topological polar surface area (TPSA) is 17.1 Å². The van der Waals surface area contributed by atoms with Crippen LogP contribution in [0.2, 0.25) is 0 Å². The standard InChI is InChI=1S/C15H26O/c1-11-5-7-15(4,10-16)8-6-13-12(11)9-14(13,2)3/h10-13H,5-9H2,1-4H3/t11-,12+,13+,15+/m0/s1. The van der Waals surface area contributed by atoms with E-state index in [1.165, 1.54) is 25.5 Å². The average Bonchev–Trinajstić information content (AvgIpc) is 2.22. The Morgan fingerprint density at radius 1 is 1.12 bits per heavy atom. The highest BCUT2D eigenvalue weighted by molar-refractivity contribution is 5.58. The fraction of sp³-hybridized carbons (Fsp3) is 0.933. The van der Waals surface area contributed by atoms with E-state index in [1.807, 2.05) is 0 Å². The monoisotopic (exact) mass is 222 g/mol. The molecule has 2 rings (SSSR count). The molecular weight excluding hydrogens is 196 g/mol. The average molecular weight is 222 g/mol. The SMILES string of the molecule is C[C@H]1CC[C@@](C)(C=O)CC[C@@H]2[C@@H]1CC2(C)C. The summed E-state index contributed by atoms with van der Waals surface area (Å²) in [6.45, 7) is 9.35. The van der Waals surface area contributed by atoms with Crippen molar-refractivity contribution in [1.29, 1.82) is 0 Å². The number of hydrogen-bond donors (Lipinski definition) is 0. The third kappa shape index (κ3) is 1.94. The van der Waals surface area contributed by atoms with Gasteiger partial charge in [0.15, 0.2) is 0 Å². The number of hydrogen-bond acceptors (Lipinski definition) is 1. The Bertz CT molecular complexity index is 281. The van der Waals surface area contributed by atoms with Crippen LogP contribution in [0.1, 0.15) is 59.8 Å². The summed E-state index contributed by atoms with van der Waals surface area (Å²) in [5.41, 5.74) is 0.491. The molecule has 0 aromatic carbocycles. The van der Waals surface area contributed by atoms with Crippen molar-refractivity contribution < 1.29 is 4.79 Å². The number of carbonyl (C=O) groups excluding carboxylic acids is 1. The van der Waals surface area contributed by atoms with Crippen LogP contribution in [0.15, 0.2) is 0 Å². The summed E-state index contributed by atoms with van der Waals surface area (Å²) in [4.78, 5) is 11.2. The molecule has 16 heavy (non-hydrogen) atoms. The molecule has 2 fully saturated rings. The van der Waals surface area contributed by atoms with Gasteiger partial charge in [-0.15, -0.1) is 0 Å². The maximum atomic E-state index is 11.2. The fourth-order valence-corrected chi connectivity index (χ4v) is 4.02. The van der Waals surface area contributed by atoms with Crippen molar-refractivity contribution in [2.45, 2.75) is 59.8 Å². The molecule has 4 atom stereocenters. The molecule has 0 saturated heterocycles. The molecule has 0 bridgehead atoms. The van der Waals surface area contributed by atoms with Gasteiger partial charge in [-0.05, 0) is 55.3 Å². The van der Waals surface area contributed by atoms with Gasteiger partial charge in [0.1, 0.15) is 6.29 Å². The lowest BCUT2D eigenvalue weighted by Crippen LogP contribution is -2.48. The summed E-state index contributed by atoms with van der Waals surface area (Å²) in [6.07, 6.45) is 7.32. The molecule has 1 heteroatoms. The molecule has 0 aromatic heterocycles. The Kier molecular flexibility index (Phi) is 2.92. The van der Waals surface area contributed by atoms with Crippen LogP contribution in [0.25, 0.3) is 0 Å². The molecule has 0 aliphatic heterocycles. The highest BCUT2D eigenvalue weighted by atomic mass is 16.1. The van der Waals surface area contributed by atoms with E-state index in [2.05, 4.69) is 27.7 Å². The Hall–Kier alpha value is -0.330. The number of rotatable bonds is 1. The van der Waals surface area contributed by atoms with Gasteiger partial charge >= 0.3 is 0 Å². The van der Waals surface area contributed by atoms with Crippen molar-refractivity contribution in [2.24, 2.45) is 28.6 Å². The van der Waals surface area contributed by atoms with Crippen LogP contribution >= 0.6 is 0 Å². The molecule has 2 aliphatic rings. The maximum Gasteiger partial charge on any atom is 0.125 e. The van der Waals surface area contributed by atoms with Crippen molar-refractivity contribution >= 4 is 6.29 Å². The van der Waals surface area contributed by atoms with Gasteiger partial charge in [0.05, 0.1) is 0 Å². The van der Waals surface area contributed by atoms with Gasteiger partial charge in [-0.25, -0.2) is 0 Å². The van der Waals surface area contributed by atoms with Gasteiger partial charge in [-0.2, -0.15) is 0 Å². The lowest BCUT2D eigenvalue weighted by molar-refractivity contribution is -0.120. The Labute approximate surface area is 100.0 Å². The molecule has 1 nitrogen and oxygen atoms in total. The minimum Gasteiger partial charge on any atom is -0.303 e. The molecule has 0 spiro atoms. The van der Waals surface area contributed by atoms with Crippen LogP contribution in [-0.4, -0.2) is 6.29 Å². The molecule has 0 aromatic rings. The second kappa shape index (κ2) is 3.85. The molecule has 0 heterocycles. The lowest BCUT2D eigenvalue weighted by atomic mass is 9.49. The van der Waals surface area contributed by atoms with Crippen molar-refractivity contribution in [2.75, 3.05) is 0 Å². The Morgan fingerprint density at radius 3 is 2.31 bits per heavy atom. The molecule has 0 amide bonds. The molecule has 0 N–H and O–H groups in total. The first-order valence-electron chi connectivity index (χ1n) is 6.84. The predicted molar refractivity (Wildman–Crippen MR) is 67.2 cm³/mol. The molecular formula is C15H26O. The van der Waals surface area contributed by atoms with E-state index >= 15 is 0 Å². The van der Waals surface area contributed by atoms with E-state index in [0.717, 1.165) is 30.6 Å². The summed E-state index contributed by atoms with van der Waals surface area (Å²) in [5.74, 6) is 2.62. The van der Waals surface area contributed by atoms with Gasteiger partial charge in [-0.1, -0.05) is 27.7 Å². The van der Waals surface area contributed by atoms with E-state index in [9.17, 15) is 4.79 Å². The second-order valence-corrected chi connectivity index (χ2v) is 7.29.